The van der Waals surface area contributed by atoms with Crippen molar-refractivity contribution < 1.29 is 13.6 Å². The van der Waals surface area contributed by atoms with Gasteiger partial charge in [0.25, 0.3) is 6.08 Å². The highest BCUT2D eigenvalue weighted by Crippen LogP contribution is 2.24. The van der Waals surface area contributed by atoms with E-state index in [1.165, 1.54) is 11.1 Å². The van der Waals surface area contributed by atoms with Crippen molar-refractivity contribution in [2.45, 2.75) is 13.0 Å². The first-order valence-electron chi connectivity index (χ1n) is 6.42. The third kappa shape index (κ3) is 2.79. The standard InChI is InChI=1S/C13H11BF2N4O/c14-8-3-9-10(18-19-13(9)17-4-8)6-20-5-7(1-11(15)16)2-12(20)21/h1,3-4,7H,2,5-6H2,(H,17,18,19). The van der Waals surface area contributed by atoms with Gasteiger partial charge in [-0.15, -0.1) is 0 Å². The molecule has 2 aromatic heterocycles. The fourth-order valence-corrected chi connectivity index (χ4v) is 2.52. The number of nitrogens with one attached hydrogen (secondary N) is 1. The molecule has 1 fully saturated rings. The maximum Gasteiger partial charge on any atom is 0.266 e. The summed E-state index contributed by atoms with van der Waals surface area (Å²) >= 11 is 0. The van der Waals surface area contributed by atoms with Crippen LogP contribution in [-0.2, 0) is 11.3 Å². The van der Waals surface area contributed by atoms with Crippen LogP contribution in [0.4, 0.5) is 8.78 Å². The highest BCUT2D eigenvalue weighted by atomic mass is 19.3. The molecule has 1 aliphatic heterocycles. The number of aromatic nitrogens is 3. The molecule has 1 amide bonds. The van der Waals surface area contributed by atoms with Crippen LogP contribution in [0.25, 0.3) is 11.0 Å². The van der Waals surface area contributed by atoms with E-state index in [2.05, 4.69) is 15.2 Å². The van der Waals surface area contributed by atoms with E-state index in [0.717, 1.165) is 11.5 Å². The summed E-state index contributed by atoms with van der Waals surface area (Å²) < 4.78 is 24.5. The second kappa shape index (κ2) is 5.27. The van der Waals surface area contributed by atoms with E-state index in [-0.39, 0.29) is 25.4 Å². The lowest BCUT2D eigenvalue weighted by Gasteiger charge is -2.14. The second-order valence-electron chi connectivity index (χ2n) is 5.04. The van der Waals surface area contributed by atoms with Gasteiger partial charge in [-0.2, -0.15) is 13.9 Å². The third-order valence-corrected chi connectivity index (χ3v) is 3.46. The van der Waals surface area contributed by atoms with Gasteiger partial charge >= 0.3 is 0 Å². The normalized spacial score (nSPS) is 18.5. The Bertz CT molecular complexity index is 726. The molecular weight excluding hydrogens is 277 g/mol. The van der Waals surface area contributed by atoms with Crippen LogP contribution in [-0.4, -0.2) is 40.4 Å². The quantitative estimate of drug-likeness (QED) is 0.853. The number of nitrogens with zero attached hydrogens (tertiary/aromatic N) is 3. The lowest BCUT2D eigenvalue weighted by atomic mass is 9.97. The van der Waals surface area contributed by atoms with Crippen molar-refractivity contribution in [1.29, 1.82) is 0 Å². The summed E-state index contributed by atoms with van der Waals surface area (Å²) in [6.45, 7) is 0.547. The van der Waals surface area contributed by atoms with Crippen LogP contribution in [0, 0.1) is 5.92 Å². The van der Waals surface area contributed by atoms with Crippen molar-refractivity contribution in [3.8, 4) is 0 Å². The number of H-pyrrole nitrogens is 1. The lowest BCUT2D eigenvalue weighted by molar-refractivity contribution is -0.128. The molecule has 5 nitrogen and oxygen atoms in total. The maximum atomic E-state index is 12.3. The van der Waals surface area contributed by atoms with Gasteiger partial charge in [0.15, 0.2) is 5.65 Å². The fraction of sp³-hybridized carbons (Fsp3) is 0.308. The third-order valence-electron chi connectivity index (χ3n) is 3.46. The number of carbonyl (C=O) groups excluding carboxylic acids is 1. The number of amides is 1. The van der Waals surface area contributed by atoms with E-state index < -0.39 is 12.0 Å². The van der Waals surface area contributed by atoms with Crippen molar-refractivity contribution in [3.05, 3.63) is 30.1 Å². The molecule has 3 rings (SSSR count). The predicted molar refractivity (Wildman–Crippen MR) is 73.1 cm³/mol. The van der Waals surface area contributed by atoms with Crippen LogP contribution < -0.4 is 5.46 Å². The van der Waals surface area contributed by atoms with Gasteiger partial charge < -0.3 is 4.90 Å². The first-order chi connectivity index (χ1) is 10.0. The van der Waals surface area contributed by atoms with Gasteiger partial charge in [0.05, 0.1) is 12.2 Å². The molecule has 8 heteroatoms. The van der Waals surface area contributed by atoms with Crippen LogP contribution in [0.5, 0.6) is 0 Å². The summed E-state index contributed by atoms with van der Waals surface area (Å²) in [5, 5.41) is 7.59. The maximum absolute atomic E-state index is 12.3. The van der Waals surface area contributed by atoms with Gasteiger partial charge in [-0.25, -0.2) is 4.98 Å². The number of carbonyl (C=O) groups is 1. The monoisotopic (exact) mass is 288 g/mol. The second-order valence-corrected chi connectivity index (χ2v) is 5.04. The van der Waals surface area contributed by atoms with Gasteiger partial charge in [0.1, 0.15) is 7.85 Å². The average molecular weight is 288 g/mol. The molecule has 1 N–H and O–H groups in total. The number of pyridine rings is 1. The Morgan fingerprint density at radius 1 is 1.57 bits per heavy atom. The minimum atomic E-state index is -1.75. The number of hydrogen-bond donors (Lipinski definition) is 1. The topological polar surface area (TPSA) is 61.9 Å². The van der Waals surface area contributed by atoms with Crippen molar-refractivity contribution >= 4 is 30.2 Å². The Labute approximate surface area is 120 Å². The average Bonchev–Trinajstić information content (AvgIpc) is 2.94. The molecule has 0 bridgehead atoms. The van der Waals surface area contributed by atoms with Gasteiger partial charge in [-0.3, -0.25) is 9.89 Å². The van der Waals surface area contributed by atoms with E-state index in [9.17, 15) is 13.6 Å². The van der Waals surface area contributed by atoms with Crippen molar-refractivity contribution in [2.75, 3.05) is 6.54 Å². The molecule has 1 saturated heterocycles. The van der Waals surface area contributed by atoms with Crippen molar-refractivity contribution in [1.82, 2.24) is 20.1 Å². The summed E-state index contributed by atoms with van der Waals surface area (Å²) in [5.74, 6) is -0.600. The van der Waals surface area contributed by atoms with Crippen molar-refractivity contribution in [3.63, 3.8) is 0 Å². The number of halogens is 2. The van der Waals surface area contributed by atoms with Crippen LogP contribution in [0.15, 0.2) is 24.4 Å². The molecule has 1 atom stereocenters. The molecule has 1 aliphatic rings. The summed E-state index contributed by atoms with van der Waals surface area (Å²) in [7, 11) is 5.69. The number of rotatable bonds is 3. The summed E-state index contributed by atoms with van der Waals surface area (Å²) in [6, 6.07) is 1.72. The van der Waals surface area contributed by atoms with Crippen molar-refractivity contribution in [2.24, 2.45) is 5.92 Å². The molecule has 2 radical (unpaired) electrons. The molecule has 0 spiro atoms. The molecular formula is C13H11BF2N4O. The zero-order valence-electron chi connectivity index (χ0n) is 11.0. The zero-order valence-corrected chi connectivity index (χ0v) is 11.0. The van der Waals surface area contributed by atoms with E-state index >= 15 is 0 Å². The van der Waals surface area contributed by atoms with Crippen LogP contribution in [0.2, 0.25) is 0 Å². The Hall–Kier alpha value is -2.25. The van der Waals surface area contributed by atoms with Crippen LogP contribution >= 0.6 is 0 Å². The Morgan fingerprint density at radius 2 is 2.38 bits per heavy atom. The Morgan fingerprint density at radius 3 is 3.14 bits per heavy atom. The molecule has 0 aliphatic carbocycles. The summed E-state index contributed by atoms with van der Waals surface area (Å²) in [6.07, 6.45) is 0.684. The number of aromatic amines is 1. The van der Waals surface area contributed by atoms with Gasteiger partial charge in [-0.1, -0.05) is 11.5 Å². The number of hydrogen-bond acceptors (Lipinski definition) is 3. The van der Waals surface area contributed by atoms with Gasteiger partial charge in [-0.05, 0) is 6.08 Å². The van der Waals surface area contributed by atoms with E-state index in [0.29, 0.717) is 16.8 Å². The molecule has 3 heterocycles. The summed E-state index contributed by atoms with van der Waals surface area (Å²) in [5.41, 5.74) is 1.71. The van der Waals surface area contributed by atoms with E-state index in [1.54, 1.807) is 6.07 Å². The molecule has 106 valence electrons. The number of likely N-dealkylation sites (tertiary alicyclic amines) is 1. The summed E-state index contributed by atoms with van der Waals surface area (Å²) in [4.78, 5) is 17.5. The molecule has 0 aromatic carbocycles. The minimum absolute atomic E-state index is 0.101. The Kier molecular flexibility index (Phi) is 3.44. The number of fused-ring (bicyclic) bond motifs is 1. The minimum Gasteiger partial charge on any atom is -0.336 e. The Balaban J connectivity index is 1.81. The molecule has 2 aromatic rings. The van der Waals surface area contributed by atoms with Crippen LogP contribution in [0.1, 0.15) is 12.1 Å². The van der Waals surface area contributed by atoms with E-state index in [1.807, 2.05) is 0 Å². The first-order valence-corrected chi connectivity index (χ1v) is 6.42. The molecule has 21 heavy (non-hydrogen) atoms. The highest BCUT2D eigenvalue weighted by molar-refractivity contribution is 6.32. The first kappa shape index (κ1) is 13.7. The largest absolute Gasteiger partial charge is 0.336 e. The smallest absolute Gasteiger partial charge is 0.266 e. The molecule has 0 saturated carbocycles. The van der Waals surface area contributed by atoms with E-state index in [4.69, 9.17) is 7.85 Å². The van der Waals surface area contributed by atoms with Gasteiger partial charge in [0.2, 0.25) is 5.91 Å². The van der Waals surface area contributed by atoms with Crippen LogP contribution in [0.3, 0.4) is 0 Å². The zero-order chi connectivity index (χ0) is 15.0. The van der Waals surface area contributed by atoms with Gasteiger partial charge in [0, 0.05) is 30.5 Å². The predicted octanol–water partition coefficient (Wildman–Crippen LogP) is 0.881. The fourth-order valence-electron chi connectivity index (χ4n) is 2.52. The molecule has 1 unspecified atom stereocenters. The lowest BCUT2D eigenvalue weighted by Crippen LogP contribution is -2.24. The highest BCUT2D eigenvalue weighted by Gasteiger charge is 2.29. The SMILES string of the molecule is [B]c1cnc2n[nH]c(CN3CC(C=C(F)F)CC3=O)c2c1.